The molecule has 0 unspecified atom stereocenters. The molecule has 2 amide bonds. The first kappa shape index (κ1) is 16.9. The van der Waals surface area contributed by atoms with Gasteiger partial charge in [0.25, 0.3) is 0 Å². The van der Waals surface area contributed by atoms with Crippen molar-refractivity contribution < 1.29 is 9.53 Å². The minimum Gasteiger partial charge on any atom is -0.497 e. The number of nitrogens with one attached hydrogen (secondary N) is 2. The smallest absolute Gasteiger partial charge is 0.341 e. The molecular weight excluding hydrogens is 336 g/mol. The van der Waals surface area contributed by atoms with Crippen LogP contribution < -0.4 is 15.5 Å². The van der Waals surface area contributed by atoms with Crippen molar-refractivity contribution in [2.24, 2.45) is 5.10 Å². The summed E-state index contributed by atoms with van der Waals surface area (Å²) in [6, 6.07) is 13.0. The lowest BCUT2D eigenvalue weighted by Gasteiger charge is -2.04. The number of urea groups is 1. The average molecular weight is 354 g/mol. The van der Waals surface area contributed by atoms with Crippen LogP contribution in [0, 0.1) is 6.92 Å². The van der Waals surface area contributed by atoms with Crippen LogP contribution in [0.5, 0.6) is 5.75 Å². The first-order valence-electron chi connectivity index (χ1n) is 7.68. The molecule has 0 saturated carbocycles. The van der Waals surface area contributed by atoms with Crippen LogP contribution in [0.1, 0.15) is 18.1 Å². The number of anilines is 1. The van der Waals surface area contributed by atoms with Gasteiger partial charge in [-0.15, -0.1) is 0 Å². The Kier molecular flexibility index (Phi) is 4.95. The lowest BCUT2D eigenvalue weighted by molar-refractivity contribution is 0.252. The zero-order chi connectivity index (χ0) is 17.8. The number of fused-ring (bicyclic) bond motifs is 1. The number of carbonyl (C=O) groups is 1. The van der Waals surface area contributed by atoms with E-state index in [1.54, 1.807) is 7.11 Å². The summed E-state index contributed by atoms with van der Waals surface area (Å²) in [6.45, 7) is 3.85. The number of aryl methyl sites for hydroxylation is 1. The van der Waals surface area contributed by atoms with Gasteiger partial charge in [-0.3, -0.25) is 5.32 Å². The zero-order valence-electron chi connectivity index (χ0n) is 14.2. The van der Waals surface area contributed by atoms with E-state index >= 15 is 0 Å². The van der Waals surface area contributed by atoms with Gasteiger partial charge >= 0.3 is 6.03 Å². The Bertz CT molecular complexity index is 932. The summed E-state index contributed by atoms with van der Waals surface area (Å²) in [5.74, 6) is 0.772. The van der Waals surface area contributed by atoms with E-state index in [0.717, 1.165) is 27.1 Å². The summed E-state index contributed by atoms with van der Waals surface area (Å²) in [5.41, 5.74) is 6.10. The van der Waals surface area contributed by atoms with Crippen molar-refractivity contribution in [3.8, 4) is 5.75 Å². The maximum Gasteiger partial charge on any atom is 0.341 e. The number of hydrogen-bond donors (Lipinski definition) is 2. The van der Waals surface area contributed by atoms with Crippen LogP contribution in [0.3, 0.4) is 0 Å². The third kappa shape index (κ3) is 4.13. The van der Waals surface area contributed by atoms with Gasteiger partial charge in [0.1, 0.15) is 5.75 Å². The maximum atomic E-state index is 12.0. The summed E-state index contributed by atoms with van der Waals surface area (Å²) in [4.78, 5) is 16.4. The number of benzene rings is 2. The van der Waals surface area contributed by atoms with Gasteiger partial charge in [0.05, 0.1) is 23.0 Å². The number of rotatable bonds is 4. The SMILES string of the molecule is COc1ccc(/C(C)=N/NC(=O)Nc2nc3ccc(C)cc3s2)cc1. The van der Waals surface area contributed by atoms with Crippen molar-refractivity contribution in [1.29, 1.82) is 0 Å². The van der Waals surface area contributed by atoms with Gasteiger partial charge in [-0.2, -0.15) is 5.10 Å². The molecule has 25 heavy (non-hydrogen) atoms. The van der Waals surface area contributed by atoms with Gasteiger partial charge in [-0.25, -0.2) is 15.2 Å². The summed E-state index contributed by atoms with van der Waals surface area (Å²) < 4.78 is 6.16. The predicted molar refractivity (Wildman–Crippen MR) is 102 cm³/mol. The maximum absolute atomic E-state index is 12.0. The van der Waals surface area contributed by atoms with E-state index in [1.165, 1.54) is 11.3 Å². The lowest BCUT2D eigenvalue weighted by atomic mass is 10.1. The van der Waals surface area contributed by atoms with Gasteiger partial charge in [0.2, 0.25) is 0 Å². The molecular formula is C18H18N4O2S. The first-order valence-corrected chi connectivity index (χ1v) is 8.50. The predicted octanol–water partition coefficient (Wildman–Crippen LogP) is 4.16. The third-order valence-electron chi connectivity index (χ3n) is 3.60. The van der Waals surface area contributed by atoms with Crippen LogP contribution in [0.15, 0.2) is 47.6 Å². The monoisotopic (exact) mass is 354 g/mol. The Morgan fingerprint density at radius 3 is 2.68 bits per heavy atom. The minimum atomic E-state index is -0.427. The van der Waals surface area contributed by atoms with E-state index in [9.17, 15) is 4.79 Å². The van der Waals surface area contributed by atoms with E-state index in [1.807, 2.05) is 56.3 Å². The highest BCUT2D eigenvalue weighted by atomic mass is 32.1. The van der Waals surface area contributed by atoms with Crippen LogP contribution in [0.25, 0.3) is 10.2 Å². The highest BCUT2D eigenvalue weighted by Gasteiger charge is 2.07. The molecule has 0 radical (unpaired) electrons. The van der Waals surface area contributed by atoms with E-state index in [-0.39, 0.29) is 0 Å². The summed E-state index contributed by atoms with van der Waals surface area (Å²) in [6.07, 6.45) is 0. The highest BCUT2D eigenvalue weighted by Crippen LogP contribution is 2.26. The van der Waals surface area contributed by atoms with Crippen molar-refractivity contribution >= 4 is 38.4 Å². The molecule has 3 rings (SSSR count). The fraction of sp³-hybridized carbons (Fsp3) is 0.167. The van der Waals surface area contributed by atoms with Crippen molar-refractivity contribution in [3.63, 3.8) is 0 Å². The molecule has 0 atom stereocenters. The molecule has 2 N–H and O–H groups in total. The molecule has 0 aliphatic carbocycles. The molecule has 0 aliphatic heterocycles. The molecule has 0 bridgehead atoms. The molecule has 1 heterocycles. The second-order valence-corrected chi connectivity index (χ2v) is 6.51. The zero-order valence-corrected chi connectivity index (χ0v) is 15.0. The van der Waals surface area contributed by atoms with Crippen LogP contribution in [-0.4, -0.2) is 23.8 Å². The fourth-order valence-corrected chi connectivity index (χ4v) is 3.20. The second kappa shape index (κ2) is 7.31. The molecule has 0 saturated heterocycles. The van der Waals surface area contributed by atoms with E-state index in [2.05, 4.69) is 20.8 Å². The Hall–Kier alpha value is -2.93. The number of carbonyl (C=O) groups excluding carboxylic acids is 1. The topological polar surface area (TPSA) is 75.6 Å². The van der Waals surface area contributed by atoms with Crippen molar-refractivity contribution in [1.82, 2.24) is 10.4 Å². The Morgan fingerprint density at radius 1 is 1.20 bits per heavy atom. The molecule has 6 nitrogen and oxygen atoms in total. The quantitative estimate of drug-likeness (QED) is 0.546. The number of amides is 2. The summed E-state index contributed by atoms with van der Waals surface area (Å²) in [7, 11) is 1.62. The Labute approximate surface area is 149 Å². The number of thiazole rings is 1. The highest BCUT2D eigenvalue weighted by molar-refractivity contribution is 7.22. The van der Waals surface area contributed by atoms with Crippen molar-refractivity contribution in [3.05, 3.63) is 53.6 Å². The number of hydrazone groups is 1. The molecule has 0 spiro atoms. The lowest BCUT2D eigenvalue weighted by Crippen LogP contribution is -2.25. The van der Waals surface area contributed by atoms with Crippen molar-refractivity contribution in [2.45, 2.75) is 13.8 Å². The summed E-state index contributed by atoms with van der Waals surface area (Å²) >= 11 is 1.43. The number of methoxy groups -OCH3 is 1. The van der Waals surface area contributed by atoms with Gasteiger partial charge in [-0.05, 0) is 61.4 Å². The number of ether oxygens (including phenoxy) is 1. The third-order valence-corrected chi connectivity index (χ3v) is 4.53. The van der Waals surface area contributed by atoms with Crippen molar-refractivity contribution in [2.75, 3.05) is 12.4 Å². The Balaban J connectivity index is 1.64. The molecule has 0 aliphatic rings. The average Bonchev–Trinajstić information content (AvgIpc) is 3.01. The first-order chi connectivity index (χ1) is 12.0. The van der Waals surface area contributed by atoms with Gasteiger partial charge in [-0.1, -0.05) is 17.4 Å². The largest absolute Gasteiger partial charge is 0.497 e. The summed E-state index contributed by atoms with van der Waals surface area (Å²) in [5, 5.41) is 7.35. The van der Waals surface area contributed by atoms with E-state index in [0.29, 0.717) is 10.8 Å². The number of hydrogen-bond acceptors (Lipinski definition) is 5. The van der Waals surface area contributed by atoms with Crippen LogP contribution in [-0.2, 0) is 0 Å². The Morgan fingerprint density at radius 2 is 1.96 bits per heavy atom. The van der Waals surface area contributed by atoms with E-state index in [4.69, 9.17) is 4.74 Å². The van der Waals surface area contributed by atoms with E-state index < -0.39 is 6.03 Å². The normalized spacial score (nSPS) is 11.4. The molecule has 1 aromatic heterocycles. The molecule has 128 valence electrons. The van der Waals surface area contributed by atoms with Gasteiger partial charge < -0.3 is 4.74 Å². The van der Waals surface area contributed by atoms with Gasteiger partial charge in [0, 0.05) is 0 Å². The minimum absolute atomic E-state index is 0.427. The molecule has 7 heteroatoms. The standard InChI is InChI=1S/C18H18N4O2S/c1-11-4-9-15-16(10-11)25-18(19-15)20-17(23)22-21-12(2)13-5-7-14(24-3)8-6-13/h4-10H,1-3H3,(H2,19,20,22,23)/b21-12+. The molecule has 2 aromatic carbocycles. The van der Waals surface area contributed by atoms with Crippen LogP contribution in [0.4, 0.5) is 9.93 Å². The van der Waals surface area contributed by atoms with Crippen LogP contribution in [0.2, 0.25) is 0 Å². The fourth-order valence-electron chi connectivity index (χ4n) is 2.24. The second-order valence-electron chi connectivity index (χ2n) is 5.48. The molecule has 3 aromatic rings. The number of nitrogens with zero attached hydrogens (tertiary/aromatic N) is 2. The van der Waals surface area contributed by atoms with Gasteiger partial charge in [0.15, 0.2) is 5.13 Å². The molecule has 0 fully saturated rings. The number of aromatic nitrogens is 1. The van der Waals surface area contributed by atoms with Crippen LogP contribution >= 0.6 is 11.3 Å².